The fourth-order valence-corrected chi connectivity index (χ4v) is 11.3. The van der Waals surface area contributed by atoms with Crippen molar-refractivity contribution in [2.75, 3.05) is 26.4 Å². The molecule has 0 aromatic carbocycles. The van der Waals surface area contributed by atoms with Gasteiger partial charge in [0.05, 0.1) is 13.2 Å². The van der Waals surface area contributed by atoms with Crippen LogP contribution in [0.25, 0.3) is 0 Å². The number of rotatable bonds is 70. The van der Waals surface area contributed by atoms with Crippen LogP contribution in [0.4, 0.5) is 0 Å². The predicted molar refractivity (Wildman–Crippen MR) is 394 cm³/mol. The Morgan fingerprint density at radius 2 is 0.604 bits per heavy atom. The summed E-state index contributed by atoms with van der Waals surface area (Å²) in [5.74, 6) is -0.836. The molecule has 0 aromatic rings. The summed E-state index contributed by atoms with van der Waals surface area (Å²) in [6.45, 7) is 3.63. The average molecular weight is 1290 g/mol. The first-order valence-corrected chi connectivity index (χ1v) is 39.2. The summed E-state index contributed by atoms with van der Waals surface area (Å²) in [7, 11) is -4.41. The minimum absolute atomic E-state index is 0.0465. The highest BCUT2D eigenvalue weighted by molar-refractivity contribution is 7.47. The van der Waals surface area contributed by atoms with E-state index in [9.17, 15) is 19.0 Å². The predicted octanol–water partition coefficient (Wildman–Crippen LogP) is 25.2. The van der Waals surface area contributed by atoms with E-state index in [0.29, 0.717) is 6.42 Å². The molecule has 0 amide bonds. The minimum Gasteiger partial charge on any atom is -0.462 e. The number of unbranched alkanes of at least 4 members (excludes halogenated alkanes) is 35. The Labute approximate surface area is 561 Å². The number of phosphoric acid groups is 1. The van der Waals surface area contributed by atoms with Crippen LogP contribution in [0.5, 0.6) is 0 Å². The van der Waals surface area contributed by atoms with Crippen molar-refractivity contribution in [2.24, 2.45) is 5.73 Å². The molecule has 0 aliphatic carbocycles. The van der Waals surface area contributed by atoms with Crippen LogP contribution in [-0.4, -0.2) is 49.3 Å². The number of allylic oxidation sites excluding steroid dienone is 22. The first-order valence-electron chi connectivity index (χ1n) is 37.7. The number of hydrogen-bond donors (Lipinski definition) is 2. The van der Waals surface area contributed by atoms with E-state index < -0.39 is 26.5 Å². The minimum atomic E-state index is -4.41. The topological polar surface area (TPSA) is 134 Å². The number of phosphoric ester groups is 1. The normalized spacial score (nSPS) is 13.7. The Hall–Kier alpha value is -3.85. The molecule has 0 fully saturated rings. The largest absolute Gasteiger partial charge is 0.472 e. The second-order valence-corrected chi connectivity index (χ2v) is 26.2. The van der Waals surface area contributed by atoms with Gasteiger partial charge in [0.25, 0.3) is 0 Å². The van der Waals surface area contributed by atoms with Crippen molar-refractivity contribution in [3.8, 4) is 0 Å². The second-order valence-electron chi connectivity index (χ2n) is 24.8. The number of hydrogen-bond acceptors (Lipinski definition) is 8. The zero-order valence-electron chi connectivity index (χ0n) is 58.8. The Balaban J connectivity index is 3.90. The van der Waals surface area contributed by atoms with Gasteiger partial charge in [0, 0.05) is 19.4 Å². The van der Waals surface area contributed by atoms with Gasteiger partial charge in [-0.25, -0.2) is 4.57 Å². The lowest BCUT2D eigenvalue weighted by molar-refractivity contribution is -0.161. The summed E-state index contributed by atoms with van der Waals surface area (Å²) in [4.78, 5) is 35.4. The third kappa shape index (κ3) is 75.1. The molecule has 10 heteroatoms. The molecule has 0 aliphatic heterocycles. The lowest BCUT2D eigenvalue weighted by Crippen LogP contribution is -2.29. The molecular weight excluding hydrogens is 1150 g/mol. The summed E-state index contributed by atoms with van der Waals surface area (Å²) in [6, 6.07) is 0. The molecule has 0 rings (SSSR count). The van der Waals surface area contributed by atoms with Gasteiger partial charge in [-0.3, -0.25) is 18.6 Å². The second kappa shape index (κ2) is 75.2. The third-order valence-corrected chi connectivity index (χ3v) is 17.0. The van der Waals surface area contributed by atoms with Crippen LogP contribution in [0.3, 0.4) is 0 Å². The van der Waals surface area contributed by atoms with E-state index in [1.54, 1.807) is 0 Å². The van der Waals surface area contributed by atoms with Crippen molar-refractivity contribution in [2.45, 2.75) is 341 Å². The van der Waals surface area contributed by atoms with Crippen LogP contribution in [0.2, 0.25) is 0 Å². The lowest BCUT2D eigenvalue weighted by atomic mass is 10.0. The molecule has 91 heavy (non-hydrogen) atoms. The van der Waals surface area contributed by atoms with E-state index in [1.807, 2.05) is 0 Å². The molecule has 0 heterocycles. The van der Waals surface area contributed by atoms with Crippen LogP contribution in [-0.2, 0) is 32.7 Å². The molecule has 2 unspecified atom stereocenters. The van der Waals surface area contributed by atoms with Gasteiger partial charge >= 0.3 is 19.8 Å². The molecule has 0 saturated heterocycles. The van der Waals surface area contributed by atoms with E-state index in [-0.39, 0.29) is 38.6 Å². The SMILES string of the molecule is CC/C=C\C/C=C\C/C=C\C/C=C\C/C=C\C/C=C\C/C=C\C/C=C\C/C=C\CCCCCCCCCC(=O)OC(COC(=O)CCCCCCCCCCCCCCCCCCCCCCCCC/C=C\C/C=C\CCCCCCC)COP(=O)(O)OCCN. The Bertz CT molecular complexity index is 1960. The molecule has 3 N–H and O–H groups in total. The van der Waals surface area contributed by atoms with E-state index in [2.05, 4.69) is 148 Å². The fraction of sp³-hybridized carbons (Fsp3) is 0.704. The zero-order valence-corrected chi connectivity index (χ0v) is 59.7. The smallest absolute Gasteiger partial charge is 0.462 e. The number of esters is 2. The van der Waals surface area contributed by atoms with E-state index in [1.165, 1.54) is 193 Å². The number of carbonyl (C=O) groups excluding carboxylic acids is 2. The van der Waals surface area contributed by atoms with E-state index in [0.717, 1.165) is 109 Å². The quantitative estimate of drug-likeness (QED) is 0.0264. The maximum absolute atomic E-state index is 12.8. The Morgan fingerprint density at radius 3 is 0.901 bits per heavy atom. The molecule has 0 bridgehead atoms. The van der Waals surface area contributed by atoms with Crippen LogP contribution in [0.1, 0.15) is 335 Å². The first kappa shape index (κ1) is 87.2. The molecule has 9 nitrogen and oxygen atoms in total. The highest BCUT2D eigenvalue weighted by Crippen LogP contribution is 2.43. The molecule has 2 atom stereocenters. The van der Waals surface area contributed by atoms with Crippen molar-refractivity contribution in [1.82, 2.24) is 0 Å². The third-order valence-electron chi connectivity index (χ3n) is 16.0. The fourth-order valence-electron chi connectivity index (χ4n) is 10.5. The lowest BCUT2D eigenvalue weighted by Gasteiger charge is -2.19. The highest BCUT2D eigenvalue weighted by atomic mass is 31.2. The summed E-state index contributed by atoms with van der Waals surface area (Å²) in [5, 5.41) is 0. The number of nitrogens with two attached hydrogens (primary N) is 1. The van der Waals surface area contributed by atoms with Crippen molar-refractivity contribution in [1.29, 1.82) is 0 Å². The molecular formula is C81H140NO8P. The van der Waals surface area contributed by atoms with Gasteiger partial charge in [-0.2, -0.15) is 0 Å². The number of ether oxygens (including phenoxy) is 2. The van der Waals surface area contributed by atoms with Gasteiger partial charge < -0.3 is 20.1 Å². The summed E-state index contributed by atoms with van der Waals surface area (Å²) in [6.07, 6.45) is 107. The van der Waals surface area contributed by atoms with Crippen molar-refractivity contribution in [3.63, 3.8) is 0 Å². The average Bonchev–Trinajstić information content (AvgIpc) is 3.68. The van der Waals surface area contributed by atoms with Crippen LogP contribution < -0.4 is 5.73 Å². The van der Waals surface area contributed by atoms with Crippen LogP contribution in [0.15, 0.2) is 134 Å². The van der Waals surface area contributed by atoms with Gasteiger partial charge in [-0.05, 0) is 116 Å². The van der Waals surface area contributed by atoms with Gasteiger partial charge in [0.15, 0.2) is 6.10 Å². The molecule has 0 radical (unpaired) electrons. The monoisotopic (exact) mass is 1290 g/mol. The molecule has 0 spiro atoms. The molecule has 0 aromatic heterocycles. The van der Waals surface area contributed by atoms with Crippen molar-refractivity contribution in [3.05, 3.63) is 134 Å². The highest BCUT2D eigenvalue weighted by Gasteiger charge is 2.26. The Morgan fingerprint density at radius 1 is 0.341 bits per heavy atom. The zero-order chi connectivity index (χ0) is 65.8. The first-order chi connectivity index (χ1) is 44.8. The molecule has 0 aliphatic rings. The molecule has 0 saturated carbocycles. The van der Waals surface area contributed by atoms with Gasteiger partial charge in [0.1, 0.15) is 6.61 Å². The standard InChI is InChI=1S/C81H140NO8P/c1-3-5-7-9-11-13-15-17-19-21-23-25-27-29-31-33-35-37-39-41-43-45-47-49-51-53-55-57-59-61-63-65-67-69-71-73-80(83)87-77-79(78-89-91(85,86)88-76-75-82)90-81(84)74-72-70-68-66-64-62-60-58-56-54-52-50-48-46-44-42-40-38-36-34-32-30-28-26-24-22-20-18-16-14-12-10-8-6-4-2/h6,8,12,14-15,17-18,20-21,23-24,26,30,32,36,38,42,44,48,50,54,56,79H,3-5,7,9-11,13,16,19,22,25,27-29,31,33-35,37,39-41,43,45-47,49,51-53,55,57-78,82H2,1-2H3,(H,85,86)/b8-6-,14-12-,17-15-,20-18-,23-21-,26-24-,32-30-,38-36-,44-42-,50-48-,56-54-. The Kier molecular flexibility index (Phi) is 72.0. The van der Waals surface area contributed by atoms with Crippen LogP contribution >= 0.6 is 7.82 Å². The maximum atomic E-state index is 12.8. The van der Waals surface area contributed by atoms with E-state index in [4.69, 9.17) is 24.3 Å². The number of carbonyl (C=O) groups is 2. The van der Waals surface area contributed by atoms with Gasteiger partial charge in [-0.15, -0.1) is 0 Å². The van der Waals surface area contributed by atoms with E-state index >= 15 is 0 Å². The summed E-state index contributed by atoms with van der Waals surface area (Å²) in [5.41, 5.74) is 5.41. The maximum Gasteiger partial charge on any atom is 0.472 e. The van der Waals surface area contributed by atoms with Crippen molar-refractivity contribution >= 4 is 19.8 Å². The van der Waals surface area contributed by atoms with Gasteiger partial charge in [-0.1, -0.05) is 340 Å². The summed E-state index contributed by atoms with van der Waals surface area (Å²) >= 11 is 0. The van der Waals surface area contributed by atoms with Crippen molar-refractivity contribution < 1.29 is 37.6 Å². The summed E-state index contributed by atoms with van der Waals surface area (Å²) < 4.78 is 33.2. The molecule has 522 valence electrons. The van der Waals surface area contributed by atoms with Gasteiger partial charge in [0.2, 0.25) is 0 Å². The van der Waals surface area contributed by atoms with Crippen LogP contribution in [0, 0.1) is 0 Å².